The first-order valence-corrected chi connectivity index (χ1v) is 7.19. The molecule has 1 aliphatic carbocycles. The van der Waals surface area contributed by atoms with Crippen LogP contribution in [0, 0.1) is 12.8 Å². The smallest absolute Gasteiger partial charge is 0.223 e. The van der Waals surface area contributed by atoms with Gasteiger partial charge in [0.15, 0.2) is 0 Å². The van der Waals surface area contributed by atoms with Gasteiger partial charge in [-0.25, -0.2) is 0 Å². The summed E-state index contributed by atoms with van der Waals surface area (Å²) in [6.45, 7) is 4.11. The highest BCUT2D eigenvalue weighted by Gasteiger charge is 2.25. The summed E-state index contributed by atoms with van der Waals surface area (Å²) < 4.78 is 0. The number of hydrogen-bond acceptors (Lipinski definition) is 2. The Morgan fingerprint density at radius 1 is 1.21 bits per heavy atom. The Kier molecular flexibility index (Phi) is 4.59. The minimum absolute atomic E-state index is 0.0729. The average molecular weight is 260 g/mol. The number of carbonyl (C=O) groups is 1. The Balaban J connectivity index is 1.89. The van der Waals surface area contributed by atoms with Crippen LogP contribution in [0.4, 0.5) is 0 Å². The normalized spacial score (nSPS) is 24.8. The number of nitrogens with two attached hydrogens (primary N) is 1. The van der Waals surface area contributed by atoms with Gasteiger partial charge < -0.3 is 11.1 Å². The van der Waals surface area contributed by atoms with Gasteiger partial charge in [-0.3, -0.25) is 4.79 Å². The Morgan fingerprint density at radius 2 is 1.79 bits per heavy atom. The van der Waals surface area contributed by atoms with Crippen LogP contribution in [0.3, 0.4) is 0 Å². The van der Waals surface area contributed by atoms with Crippen molar-refractivity contribution in [2.45, 2.75) is 51.6 Å². The molecule has 1 amide bonds. The summed E-state index contributed by atoms with van der Waals surface area (Å²) in [6, 6.07) is 8.69. The summed E-state index contributed by atoms with van der Waals surface area (Å²) in [5, 5.41) is 3.12. The van der Waals surface area contributed by atoms with Crippen molar-refractivity contribution in [3.05, 3.63) is 35.4 Å². The second-order valence-electron chi connectivity index (χ2n) is 5.75. The molecule has 0 saturated heterocycles. The van der Waals surface area contributed by atoms with Gasteiger partial charge in [-0.15, -0.1) is 0 Å². The number of amides is 1. The number of aryl methyl sites for hydroxylation is 1. The zero-order valence-electron chi connectivity index (χ0n) is 11.9. The molecule has 2 rings (SSSR count). The van der Waals surface area contributed by atoms with E-state index < -0.39 is 0 Å². The number of benzene rings is 1. The number of hydrogen-bond donors (Lipinski definition) is 2. The van der Waals surface area contributed by atoms with Crippen LogP contribution in [0.25, 0.3) is 0 Å². The van der Waals surface area contributed by atoms with Crippen molar-refractivity contribution in [2.75, 3.05) is 0 Å². The molecule has 0 aliphatic heterocycles. The summed E-state index contributed by atoms with van der Waals surface area (Å²) in [5.74, 6) is 0.327. The van der Waals surface area contributed by atoms with E-state index in [2.05, 4.69) is 36.5 Å². The lowest BCUT2D eigenvalue weighted by molar-refractivity contribution is -0.126. The predicted octanol–water partition coefficient (Wildman–Crippen LogP) is 2.69. The molecule has 19 heavy (non-hydrogen) atoms. The number of rotatable bonds is 3. The second kappa shape index (κ2) is 6.20. The van der Waals surface area contributed by atoms with Crippen LogP contribution in [0.2, 0.25) is 0 Å². The highest BCUT2D eigenvalue weighted by Crippen LogP contribution is 2.24. The first-order valence-electron chi connectivity index (χ1n) is 7.19. The van der Waals surface area contributed by atoms with Gasteiger partial charge in [0, 0.05) is 12.0 Å². The van der Waals surface area contributed by atoms with Gasteiger partial charge in [0.1, 0.15) is 0 Å². The molecule has 1 aliphatic rings. The van der Waals surface area contributed by atoms with E-state index in [1.165, 1.54) is 5.56 Å². The fourth-order valence-corrected chi connectivity index (χ4v) is 2.65. The largest absolute Gasteiger partial charge is 0.349 e. The lowest BCUT2D eigenvalue weighted by Crippen LogP contribution is -2.37. The van der Waals surface area contributed by atoms with Gasteiger partial charge in [-0.05, 0) is 45.1 Å². The summed E-state index contributed by atoms with van der Waals surface area (Å²) in [4.78, 5) is 12.2. The van der Waals surface area contributed by atoms with Crippen LogP contribution in [0.15, 0.2) is 24.3 Å². The lowest BCUT2D eigenvalue weighted by atomic mass is 9.85. The average Bonchev–Trinajstić information content (AvgIpc) is 2.40. The molecule has 1 saturated carbocycles. The maximum atomic E-state index is 12.2. The molecule has 104 valence electrons. The molecule has 1 aromatic rings. The van der Waals surface area contributed by atoms with Crippen molar-refractivity contribution in [3.63, 3.8) is 0 Å². The van der Waals surface area contributed by atoms with E-state index in [-0.39, 0.29) is 17.9 Å². The highest BCUT2D eigenvalue weighted by atomic mass is 16.1. The summed E-state index contributed by atoms with van der Waals surface area (Å²) in [7, 11) is 0. The predicted molar refractivity (Wildman–Crippen MR) is 77.7 cm³/mol. The van der Waals surface area contributed by atoms with Crippen molar-refractivity contribution in [1.29, 1.82) is 0 Å². The summed E-state index contributed by atoms with van der Waals surface area (Å²) >= 11 is 0. The Labute approximate surface area is 115 Å². The van der Waals surface area contributed by atoms with E-state index in [1.54, 1.807) is 0 Å². The van der Waals surface area contributed by atoms with E-state index in [0.717, 1.165) is 31.2 Å². The zero-order chi connectivity index (χ0) is 13.8. The van der Waals surface area contributed by atoms with E-state index in [0.29, 0.717) is 6.04 Å². The van der Waals surface area contributed by atoms with Gasteiger partial charge >= 0.3 is 0 Å². The SMILES string of the molecule is Cc1ccc(C(C)NC(=O)C2CCC(N)CC2)cc1. The van der Waals surface area contributed by atoms with Gasteiger partial charge in [-0.2, -0.15) is 0 Å². The fourth-order valence-electron chi connectivity index (χ4n) is 2.65. The van der Waals surface area contributed by atoms with Crippen molar-refractivity contribution < 1.29 is 4.79 Å². The highest BCUT2D eigenvalue weighted by molar-refractivity contribution is 5.79. The maximum absolute atomic E-state index is 12.2. The molecule has 0 spiro atoms. The monoisotopic (exact) mass is 260 g/mol. The minimum Gasteiger partial charge on any atom is -0.349 e. The van der Waals surface area contributed by atoms with Crippen molar-refractivity contribution in [2.24, 2.45) is 11.7 Å². The minimum atomic E-state index is 0.0729. The molecule has 0 bridgehead atoms. The first kappa shape index (κ1) is 14.1. The Hall–Kier alpha value is -1.35. The van der Waals surface area contributed by atoms with Gasteiger partial charge in [0.05, 0.1) is 6.04 Å². The van der Waals surface area contributed by atoms with E-state index in [9.17, 15) is 4.79 Å². The summed E-state index contributed by atoms with van der Waals surface area (Å²) in [6.07, 6.45) is 3.79. The van der Waals surface area contributed by atoms with Crippen molar-refractivity contribution in [1.82, 2.24) is 5.32 Å². The van der Waals surface area contributed by atoms with Crippen LogP contribution < -0.4 is 11.1 Å². The van der Waals surface area contributed by atoms with Gasteiger partial charge in [-0.1, -0.05) is 29.8 Å². The lowest BCUT2D eigenvalue weighted by Gasteiger charge is -2.26. The molecule has 0 radical (unpaired) electrons. The fraction of sp³-hybridized carbons (Fsp3) is 0.562. The third-order valence-electron chi connectivity index (χ3n) is 4.08. The van der Waals surface area contributed by atoms with Gasteiger partial charge in [0.25, 0.3) is 0 Å². The first-order chi connectivity index (χ1) is 9.06. The molecule has 3 nitrogen and oxygen atoms in total. The maximum Gasteiger partial charge on any atom is 0.223 e. The van der Waals surface area contributed by atoms with E-state index >= 15 is 0 Å². The van der Waals surface area contributed by atoms with Crippen LogP contribution in [0.5, 0.6) is 0 Å². The second-order valence-corrected chi connectivity index (χ2v) is 5.75. The van der Waals surface area contributed by atoms with Crippen LogP contribution >= 0.6 is 0 Å². The molecule has 1 fully saturated rings. The molecular weight excluding hydrogens is 236 g/mol. The third kappa shape index (κ3) is 3.80. The Morgan fingerprint density at radius 3 is 2.37 bits per heavy atom. The molecule has 1 atom stereocenters. The van der Waals surface area contributed by atoms with Gasteiger partial charge in [0.2, 0.25) is 5.91 Å². The van der Waals surface area contributed by atoms with E-state index in [1.807, 2.05) is 6.92 Å². The number of nitrogens with one attached hydrogen (secondary N) is 1. The molecular formula is C16H24N2O. The molecule has 1 unspecified atom stereocenters. The van der Waals surface area contributed by atoms with Crippen LogP contribution in [-0.4, -0.2) is 11.9 Å². The zero-order valence-corrected chi connectivity index (χ0v) is 11.9. The molecule has 0 aromatic heterocycles. The van der Waals surface area contributed by atoms with E-state index in [4.69, 9.17) is 5.73 Å². The quantitative estimate of drug-likeness (QED) is 0.878. The Bertz CT molecular complexity index is 419. The number of carbonyl (C=O) groups excluding carboxylic acids is 1. The van der Waals surface area contributed by atoms with Crippen LogP contribution in [0.1, 0.15) is 49.8 Å². The summed E-state index contributed by atoms with van der Waals surface area (Å²) in [5.41, 5.74) is 8.27. The molecule has 1 aromatic carbocycles. The van der Waals surface area contributed by atoms with Crippen molar-refractivity contribution >= 4 is 5.91 Å². The molecule has 3 heteroatoms. The topological polar surface area (TPSA) is 55.1 Å². The third-order valence-corrected chi connectivity index (χ3v) is 4.08. The molecule has 3 N–H and O–H groups in total. The standard InChI is InChI=1S/C16H24N2O/c1-11-3-5-13(6-4-11)12(2)18-16(19)14-7-9-15(17)10-8-14/h3-6,12,14-15H,7-10,17H2,1-2H3,(H,18,19). The van der Waals surface area contributed by atoms with Crippen LogP contribution in [-0.2, 0) is 4.79 Å². The van der Waals surface area contributed by atoms with Crippen molar-refractivity contribution in [3.8, 4) is 0 Å². The molecule has 0 heterocycles.